The van der Waals surface area contributed by atoms with Gasteiger partial charge in [-0.15, -0.1) is 23.4 Å². The second kappa shape index (κ2) is 10.4. The van der Waals surface area contributed by atoms with Crippen LogP contribution >= 0.6 is 23.4 Å². The van der Waals surface area contributed by atoms with Gasteiger partial charge in [-0.05, 0) is 28.5 Å². The van der Waals surface area contributed by atoms with Gasteiger partial charge in [-0.2, -0.15) is 0 Å². The Hall–Kier alpha value is -2.21. The molecule has 0 aliphatic rings. The summed E-state index contributed by atoms with van der Waals surface area (Å²) in [6, 6.07) is 23.2. The molecule has 0 aliphatic heterocycles. The van der Waals surface area contributed by atoms with Crippen molar-refractivity contribution in [2.75, 3.05) is 11.6 Å². The van der Waals surface area contributed by atoms with Gasteiger partial charge in [0.2, 0.25) is 0 Å². The Balaban J connectivity index is 1.57. The summed E-state index contributed by atoms with van der Waals surface area (Å²) in [6.45, 7) is 0.175. The molecule has 3 aromatic rings. The van der Waals surface area contributed by atoms with Gasteiger partial charge in [0.1, 0.15) is 6.61 Å². The predicted molar refractivity (Wildman–Crippen MR) is 115 cm³/mol. The molecular weight excluding hydrogens is 394 g/mol. The molecule has 146 valence electrons. The lowest BCUT2D eigenvalue weighted by molar-refractivity contribution is 0.115. The smallest absolute Gasteiger partial charge is 0.407 e. The number of alkyl carbamates (subject to hydrolysis) is 1. The first kappa shape index (κ1) is 20.5. The number of carbonyl (C=O) groups excluding carboxylic acids is 1. The van der Waals surface area contributed by atoms with Gasteiger partial charge in [0, 0.05) is 10.6 Å². The van der Waals surface area contributed by atoms with E-state index in [1.807, 2.05) is 48.5 Å². The highest BCUT2D eigenvalue weighted by Gasteiger charge is 2.21. The Labute approximate surface area is 173 Å². The molecule has 1 amide bonds. The summed E-state index contributed by atoms with van der Waals surface area (Å²) in [5, 5.41) is 15.2. The number of hydrogen-bond donors (Lipinski definition) is 2. The van der Waals surface area contributed by atoms with Crippen molar-refractivity contribution in [1.82, 2.24) is 5.32 Å². The van der Waals surface area contributed by atoms with Gasteiger partial charge in [-0.1, -0.05) is 60.7 Å². The Morgan fingerprint density at radius 3 is 2.50 bits per heavy atom. The van der Waals surface area contributed by atoms with Gasteiger partial charge in [0.15, 0.2) is 0 Å². The Kier molecular flexibility index (Phi) is 7.60. The van der Waals surface area contributed by atoms with Crippen molar-refractivity contribution in [3.05, 3.63) is 78.4 Å². The van der Waals surface area contributed by atoms with Crippen LogP contribution in [0, 0.1) is 0 Å². The van der Waals surface area contributed by atoms with Crippen LogP contribution in [0.4, 0.5) is 4.79 Å². The number of aliphatic hydroxyl groups excluding tert-OH is 1. The number of alkyl halides is 1. The number of hydrogen-bond acceptors (Lipinski definition) is 4. The molecule has 0 unspecified atom stereocenters. The first-order valence-corrected chi connectivity index (χ1v) is 10.5. The molecule has 3 rings (SSSR count). The quantitative estimate of drug-likeness (QED) is 0.408. The zero-order chi connectivity index (χ0) is 19.8. The topological polar surface area (TPSA) is 58.6 Å². The van der Waals surface area contributed by atoms with Crippen molar-refractivity contribution in [1.29, 1.82) is 0 Å². The second-order valence-corrected chi connectivity index (χ2v) is 7.76. The second-order valence-electron chi connectivity index (χ2n) is 6.35. The highest BCUT2D eigenvalue weighted by Crippen LogP contribution is 2.24. The van der Waals surface area contributed by atoms with Crippen LogP contribution in [-0.2, 0) is 11.3 Å². The molecule has 6 heteroatoms. The number of fused-ring (bicyclic) bond motifs is 1. The number of halogens is 1. The van der Waals surface area contributed by atoms with Gasteiger partial charge in [0.05, 0.1) is 18.0 Å². The molecule has 0 heterocycles. The number of thioether (sulfide) groups is 1. The predicted octanol–water partition coefficient (Wildman–Crippen LogP) is 4.83. The molecule has 0 fully saturated rings. The molecule has 2 atom stereocenters. The molecule has 28 heavy (non-hydrogen) atoms. The first-order valence-electron chi connectivity index (χ1n) is 8.98. The lowest BCUT2D eigenvalue weighted by Crippen LogP contribution is -2.46. The van der Waals surface area contributed by atoms with Crippen LogP contribution in [0.25, 0.3) is 10.8 Å². The summed E-state index contributed by atoms with van der Waals surface area (Å²) >= 11 is 7.37. The SMILES string of the molecule is O=C(N[C@@H](CSc1ccc2ccccc2c1)[C@H](O)CCl)OCc1ccccc1. The third-order valence-corrected chi connectivity index (χ3v) is 5.72. The number of aliphatic hydroxyl groups is 1. The van der Waals surface area contributed by atoms with E-state index in [2.05, 4.69) is 29.6 Å². The maximum atomic E-state index is 12.1. The Morgan fingerprint density at radius 2 is 1.75 bits per heavy atom. The Morgan fingerprint density at radius 1 is 1.04 bits per heavy atom. The lowest BCUT2D eigenvalue weighted by Gasteiger charge is -2.22. The molecular formula is C22H22ClNO3S. The zero-order valence-electron chi connectivity index (χ0n) is 15.3. The average Bonchev–Trinajstić information content (AvgIpc) is 2.75. The largest absolute Gasteiger partial charge is 0.445 e. The first-order chi connectivity index (χ1) is 13.7. The van der Waals surface area contributed by atoms with Crippen LogP contribution in [0.1, 0.15) is 5.56 Å². The monoisotopic (exact) mass is 415 g/mol. The van der Waals surface area contributed by atoms with E-state index in [0.29, 0.717) is 5.75 Å². The van der Waals surface area contributed by atoms with Crippen molar-refractivity contribution in [3.63, 3.8) is 0 Å². The molecule has 0 saturated carbocycles. The van der Waals surface area contributed by atoms with E-state index < -0.39 is 18.2 Å². The summed E-state index contributed by atoms with van der Waals surface area (Å²) < 4.78 is 5.25. The summed E-state index contributed by atoms with van der Waals surface area (Å²) in [7, 11) is 0. The van der Waals surface area contributed by atoms with E-state index in [1.54, 1.807) is 11.8 Å². The minimum absolute atomic E-state index is 0.0297. The molecule has 2 N–H and O–H groups in total. The van der Waals surface area contributed by atoms with Crippen molar-refractivity contribution in [2.24, 2.45) is 0 Å². The molecule has 0 bridgehead atoms. The fraction of sp³-hybridized carbons (Fsp3) is 0.227. The van der Waals surface area contributed by atoms with E-state index in [9.17, 15) is 9.90 Å². The van der Waals surface area contributed by atoms with Crippen LogP contribution in [0.2, 0.25) is 0 Å². The number of nitrogens with one attached hydrogen (secondary N) is 1. The van der Waals surface area contributed by atoms with Crippen LogP contribution < -0.4 is 5.32 Å². The number of amides is 1. The van der Waals surface area contributed by atoms with Crippen LogP contribution in [0.5, 0.6) is 0 Å². The van der Waals surface area contributed by atoms with Crippen LogP contribution in [-0.4, -0.2) is 35.0 Å². The molecule has 0 spiro atoms. The van der Waals surface area contributed by atoms with E-state index in [-0.39, 0.29) is 12.5 Å². The Bertz CT molecular complexity index is 906. The third kappa shape index (κ3) is 5.89. The normalized spacial score (nSPS) is 13.1. The highest BCUT2D eigenvalue weighted by molar-refractivity contribution is 7.99. The summed E-state index contributed by atoms with van der Waals surface area (Å²) in [5.74, 6) is 0.509. The van der Waals surface area contributed by atoms with Gasteiger partial charge in [-0.25, -0.2) is 4.79 Å². The van der Waals surface area contributed by atoms with E-state index >= 15 is 0 Å². The van der Waals surface area contributed by atoms with Gasteiger partial charge in [-0.3, -0.25) is 0 Å². The summed E-state index contributed by atoms with van der Waals surface area (Å²) in [4.78, 5) is 13.2. The molecule has 3 aromatic carbocycles. The fourth-order valence-electron chi connectivity index (χ4n) is 2.72. The van der Waals surface area contributed by atoms with E-state index in [0.717, 1.165) is 15.8 Å². The van der Waals surface area contributed by atoms with Crippen LogP contribution in [0.3, 0.4) is 0 Å². The average molecular weight is 416 g/mol. The van der Waals surface area contributed by atoms with Crippen molar-refractivity contribution >= 4 is 40.2 Å². The number of benzene rings is 3. The summed E-state index contributed by atoms with van der Waals surface area (Å²) in [6.07, 6.45) is -1.43. The maximum absolute atomic E-state index is 12.1. The molecule has 4 nitrogen and oxygen atoms in total. The van der Waals surface area contributed by atoms with E-state index in [4.69, 9.17) is 16.3 Å². The number of rotatable bonds is 8. The van der Waals surface area contributed by atoms with Crippen LogP contribution in [0.15, 0.2) is 77.7 Å². The maximum Gasteiger partial charge on any atom is 0.407 e. The molecule has 0 aromatic heterocycles. The number of carbonyl (C=O) groups is 1. The number of ether oxygens (including phenoxy) is 1. The van der Waals surface area contributed by atoms with Crippen molar-refractivity contribution in [3.8, 4) is 0 Å². The lowest BCUT2D eigenvalue weighted by atomic mass is 10.1. The molecule has 0 radical (unpaired) electrons. The summed E-state index contributed by atoms with van der Waals surface area (Å²) in [5.41, 5.74) is 0.901. The van der Waals surface area contributed by atoms with Gasteiger partial charge >= 0.3 is 6.09 Å². The third-order valence-electron chi connectivity index (χ3n) is 4.29. The minimum Gasteiger partial charge on any atom is -0.445 e. The minimum atomic E-state index is -0.862. The standard InChI is InChI=1S/C22H22ClNO3S/c23-13-21(25)20(24-22(26)27-14-16-6-2-1-3-7-16)15-28-19-11-10-17-8-4-5-9-18(17)12-19/h1-12,20-21,25H,13-15H2,(H,24,26)/t20-,21+/m0/s1. The van der Waals surface area contributed by atoms with E-state index in [1.165, 1.54) is 5.39 Å². The fourth-order valence-corrected chi connectivity index (χ4v) is 3.98. The van der Waals surface area contributed by atoms with Crippen molar-refractivity contribution in [2.45, 2.75) is 23.6 Å². The zero-order valence-corrected chi connectivity index (χ0v) is 16.8. The highest BCUT2D eigenvalue weighted by atomic mass is 35.5. The van der Waals surface area contributed by atoms with Gasteiger partial charge in [0.25, 0.3) is 0 Å². The molecule has 0 aliphatic carbocycles. The van der Waals surface area contributed by atoms with Crippen molar-refractivity contribution < 1.29 is 14.6 Å². The molecule has 0 saturated heterocycles. The van der Waals surface area contributed by atoms with Gasteiger partial charge < -0.3 is 15.2 Å².